The summed E-state index contributed by atoms with van der Waals surface area (Å²) in [5.41, 5.74) is 3.60. The van der Waals surface area contributed by atoms with Crippen molar-refractivity contribution in [1.82, 2.24) is 20.0 Å². The first-order valence-corrected chi connectivity index (χ1v) is 20.4. The van der Waals surface area contributed by atoms with Crippen molar-refractivity contribution < 1.29 is 19.1 Å². The van der Waals surface area contributed by atoms with Gasteiger partial charge in [0.25, 0.3) is 5.91 Å². The largest absolute Gasteiger partial charge is 0.381 e. The number of hydrogen-bond acceptors (Lipinski definition) is 8. The Labute approximate surface area is 325 Å². The van der Waals surface area contributed by atoms with Crippen molar-refractivity contribution in [3.8, 4) is 0 Å². The molecule has 0 unspecified atom stereocenters. The zero-order valence-electron chi connectivity index (χ0n) is 30.5. The number of H-pyrrole nitrogens is 1. The number of ether oxygens (including phenoxy) is 2. The monoisotopic (exact) mass is 796 g/mol. The maximum Gasteiger partial charge on any atom is 0.252 e. The van der Waals surface area contributed by atoms with E-state index >= 15 is 0 Å². The number of halogens is 3. The molecule has 2 aliphatic rings. The Morgan fingerprint density at radius 3 is 1.71 bits per heavy atom. The number of nitrogens with one attached hydrogen (secondary N) is 1. The Kier molecular flexibility index (Phi) is 15.8. The van der Waals surface area contributed by atoms with E-state index in [2.05, 4.69) is 34.5 Å². The van der Waals surface area contributed by atoms with Gasteiger partial charge < -0.3 is 9.47 Å². The van der Waals surface area contributed by atoms with E-state index in [0.29, 0.717) is 11.8 Å². The average molecular weight is 798 g/mol. The Hall–Kier alpha value is -2.05. The van der Waals surface area contributed by atoms with Crippen molar-refractivity contribution >= 4 is 68.6 Å². The van der Waals surface area contributed by atoms with Gasteiger partial charge >= 0.3 is 0 Å². The van der Waals surface area contributed by atoms with E-state index in [9.17, 15) is 9.59 Å². The lowest BCUT2D eigenvalue weighted by atomic mass is 9.95. The molecule has 6 rings (SSSR count). The Balaban J connectivity index is 0.000000198. The van der Waals surface area contributed by atoms with Gasteiger partial charge in [0.05, 0.1) is 20.1 Å². The zero-order chi connectivity index (χ0) is 37.2. The van der Waals surface area contributed by atoms with Crippen molar-refractivity contribution in [1.29, 1.82) is 0 Å². The molecule has 0 radical (unpaired) electrons. The van der Waals surface area contributed by atoms with Crippen molar-refractivity contribution in [2.45, 2.75) is 105 Å². The second-order valence-corrected chi connectivity index (χ2v) is 19.0. The molecule has 0 aliphatic carbocycles. The second kappa shape index (κ2) is 19.3. The van der Waals surface area contributed by atoms with Gasteiger partial charge in [-0.3, -0.25) is 14.7 Å². The summed E-state index contributed by atoms with van der Waals surface area (Å²) < 4.78 is 14.1. The van der Waals surface area contributed by atoms with E-state index in [1.807, 2.05) is 32.9 Å². The highest BCUT2D eigenvalue weighted by atomic mass is 35.5. The molecular weight excluding hydrogens is 747 g/mol. The normalized spacial score (nSPS) is 15.9. The highest BCUT2D eigenvalue weighted by molar-refractivity contribution is 7.16. The first-order chi connectivity index (χ1) is 24.1. The smallest absolute Gasteiger partial charge is 0.252 e. The third-order valence-electron chi connectivity index (χ3n) is 8.68. The molecule has 51 heavy (non-hydrogen) atoms. The number of aromatic nitrogens is 4. The van der Waals surface area contributed by atoms with Gasteiger partial charge in [0.1, 0.15) is 0 Å². The highest BCUT2D eigenvalue weighted by Gasteiger charge is 2.28. The molecule has 0 aromatic carbocycles. The molecule has 4 aromatic heterocycles. The molecule has 4 aromatic rings. The lowest BCUT2D eigenvalue weighted by Gasteiger charge is -2.20. The van der Waals surface area contributed by atoms with Gasteiger partial charge in [-0.15, -0.1) is 22.7 Å². The predicted molar refractivity (Wildman–Crippen MR) is 210 cm³/mol. The third-order valence-corrected chi connectivity index (χ3v) is 11.8. The Bertz CT molecular complexity index is 1690. The number of aryl methyl sites for hydroxylation is 4. The van der Waals surface area contributed by atoms with Gasteiger partial charge in [-0.05, 0) is 99.4 Å². The van der Waals surface area contributed by atoms with E-state index in [-0.39, 0.29) is 16.6 Å². The van der Waals surface area contributed by atoms with Crippen LogP contribution < -0.4 is 0 Å². The van der Waals surface area contributed by atoms with Crippen LogP contribution in [0.15, 0.2) is 36.4 Å². The Morgan fingerprint density at radius 2 is 1.25 bits per heavy atom. The number of rotatable bonds is 8. The van der Waals surface area contributed by atoms with Crippen molar-refractivity contribution in [2.24, 2.45) is 10.8 Å². The fourth-order valence-corrected chi connectivity index (χ4v) is 7.67. The van der Waals surface area contributed by atoms with Crippen molar-refractivity contribution in [3.63, 3.8) is 0 Å². The molecule has 0 atom stereocenters. The van der Waals surface area contributed by atoms with Crippen LogP contribution in [0, 0.1) is 10.8 Å². The molecular formula is C38H51Cl3N4O4S2. The van der Waals surface area contributed by atoms with Crippen LogP contribution in [-0.2, 0) is 40.0 Å². The lowest BCUT2D eigenvalue weighted by molar-refractivity contribution is -0.118. The number of carbonyl (C=O) groups is 2. The van der Waals surface area contributed by atoms with Crippen LogP contribution in [-0.4, -0.2) is 57.6 Å². The summed E-state index contributed by atoms with van der Waals surface area (Å²) in [5.74, 6) is 0.998. The minimum absolute atomic E-state index is 0.0463. The molecule has 8 nitrogen and oxygen atoms in total. The maximum atomic E-state index is 12.9. The first-order valence-electron chi connectivity index (χ1n) is 17.6. The van der Waals surface area contributed by atoms with Crippen LogP contribution in [0.4, 0.5) is 0 Å². The molecule has 2 saturated heterocycles. The zero-order valence-corrected chi connectivity index (χ0v) is 34.4. The van der Waals surface area contributed by atoms with Crippen molar-refractivity contribution in [3.05, 3.63) is 77.6 Å². The number of nitrogens with zero attached hydrogens (tertiary/aromatic N) is 3. The molecule has 0 bridgehead atoms. The van der Waals surface area contributed by atoms with E-state index in [1.165, 1.54) is 21.1 Å². The van der Waals surface area contributed by atoms with E-state index in [0.717, 1.165) is 97.9 Å². The summed E-state index contributed by atoms with van der Waals surface area (Å²) in [4.78, 5) is 25.6. The summed E-state index contributed by atoms with van der Waals surface area (Å²) in [6, 6.07) is 12.4. The minimum atomic E-state index is -0.458. The van der Waals surface area contributed by atoms with Gasteiger partial charge in [0.15, 0.2) is 0 Å². The fraction of sp³-hybridized carbons (Fsp3) is 0.579. The average Bonchev–Trinajstić information content (AvgIpc) is 3.91. The molecule has 2 fully saturated rings. The summed E-state index contributed by atoms with van der Waals surface area (Å²) in [6.07, 6.45) is 7.79. The van der Waals surface area contributed by atoms with Crippen molar-refractivity contribution in [2.75, 3.05) is 26.4 Å². The second-order valence-electron chi connectivity index (χ2n) is 15.1. The van der Waals surface area contributed by atoms with Crippen LogP contribution in [0.5, 0.6) is 0 Å². The number of hydrogen-bond donors (Lipinski definition) is 1. The van der Waals surface area contributed by atoms with Gasteiger partial charge in [-0.25, -0.2) is 4.68 Å². The summed E-state index contributed by atoms with van der Waals surface area (Å²) in [7, 11) is 0. The van der Waals surface area contributed by atoms with E-state index in [4.69, 9.17) is 49.4 Å². The molecule has 0 amide bonds. The van der Waals surface area contributed by atoms with Crippen LogP contribution in [0.3, 0.4) is 0 Å². The van der Waals surface area contributed by atoms with Crippen LogP contribution in [0.1, 0.15) is 116 Å². The molecule has 6 heterocycles. The highest BCUT2D eigenvalue weighted by Crippen LogP contribution is 2.30. The van der Waals surface area contributed by atoms with Crippen LogP contribution in [0.25, 0.3) is 0 Å². The van der Waals surface area contributed by atoms with Gasteiger partial charge in [-0.1, -0.05) is 64.7 Å². The Morgan fingerprint density at radius 1 is 0.765 bits per heavy atom. The quantitative estimate of drug-likeness (QED) is 0.178. The molecule has 2 aliphatic heterocycles. The third kappa shape index (κ3) is 13.4. The molecule has 1 N–H and O–H groups in total. The fourth-order valence-electron chi connectivity index (χ4n) is 5.50. The predicted octanol–water partition coefficient (Wildman–Crippen LogP) is 10.6. The summed E-state index contributed by atoms with van der Waals surface area (Å²) >= 11 is 20.3. The van der Waals surface area contributed by atoms with Crippen LogP contribution in [0.2, 0.25) is 8.67 Å². The minimum Gasteiger partial charge on any atom is -0.381 e. The maximum absolute atomic E-state index is 12.9. The molecule has 0 spiro atoms. The van der Waals surface area contributed by atoms with Gasteiger partial charge in [-0.2, -0.15) is 10.2 Å². The summed E-state index contributed by atoms with van der Waals surface area (Å²) in [6.45, 7) is 14.4. The van der Waals surface area contributed by atoms with E-state index in [1.54, 1.807) is 48.1 Å². The molecule has 0 saturated carbocycles. The standard InChI is InChI=1S/C19H25ClN2O2S.C14H17ClN2OS.C5H9ClO/c1-19(2,3)18(23)22-14(4-5-15-6-7-17(20)25-15)12-16(21-22)13-8-10-24-11-9-13;15-14-4-3-12(19-14)2-1-11-9-13(17-16-11)10-5-7-18-8-6-10;1-5(2,3)4(6)7/h6-7,12-13H,4-5,8-11H2,1-3H3;3-4,9-10H,1-2,5-8H2,(H,16,17);1-3H3. The number of carbonyl (C=O) groups excluding carboxylic acids is 2. The van der Waals surface area contributed by atoms with Gasteiger partial charge in [0, 0.05) is 70.2 Å². The molecule has 280 valence electrons. The van der Waals surface area contributed by atoms with Gasteiger partial charge in [0.2, 0.25) is 5.24 Å². The topological polar surface area (TPSA) is 99.1 Å². The van der Waals surface area contributed by atoms with Crippen LogP contribution >= 0.6 is 57.5 Å². The lowest BCUT2D eigenvalue weighted by Crippen LogP contribution is -2.29. The number of thiophene rings is 2. The SMILES string of the molecule is CC(C)(C)C(=O)Cl.CC(C)(C)C(=O)n1nc(C2CCOCC2)cc1CCc1ccc(Cl)s1.Clc1ccc(CCc2cc(C3CCOCC3)n[nH]2)s1. The first kappa shape index (κ1) is 41.7. The molecule has 13 heteroatoms. The number of aromatic amines is 1. The summed E-state index contributed by atoms with van der Waals surface area (Å²) in [5, 5.41) is 12.0. The van der Waals surface area contributed by atoms with E-state index < -0.39 is 5.41 Å².